The highest BCUT2D eigenvalue weighted by Gasteiger charge is 2.35. The third-order valence-electron chi connectivity index (χ3n) is 6.18. The Bertz CT molecular complexity index is 911. The highest BCUT2D eigenvalue weighted by molar-refractivity contribution is 5.77. The molecule has 0 saturated carbocycles. The van der Waals surface area contributed by atoms with Crippen LogP contribution in [0.2, 0.25) is 0 Å². The number of aryl methyl sites for hydroxylation is 1. The molecule has 0 bridgehead atoms. The smallest absolute Gasteiger partial charge is 0.347 e. The molecule has 1 atom stereocenters. The minimum Gasteiger partial charge on any atom is -0.478 e. The Kier molecular flexibility index (Phi) is 8.37. The molecule has 1 unspecified atom stereocenters. The maximum atomic E-state index is 13.0. The number of aliphatic carboxylic acids is 1. The minimum absolute atomic E-state index is 0.167. The summed E-state index contributed by atoms with van der Waals surface area (Å²) in [7, 11) is 0. The van der Waals surface area contributed by atoms with Crippen molar-refractivity contribution in [3.63, 3.8) is 0 Å². The van der Waals surface area contributed by atoms with Crippen molar-refractivity contribution in [3.8, 4) is 5.75 Å². The first-order valence-electron chi connectivity index (χ1n) is 11.9. The van der Waals surface area contributed by atoms with Crippen molar-refractivity contribution in [1.82, 2.24) is 9.80 Å². The third-order valence-corrected chi connectivity index (χ3v) is 6.18. The summed E-state index contributed by atoms with van der Waals surface area (Å²) >= 11 is 0. The molecular formula is C27H36N2O4. The molecule has 1 heterocycles. The first-order chi connectivity index (χ1) is 15.8. The minimum atomic E-state index is -1.26. The number of carboxylic acids is 1. The molecule has 178 valence electrons. The Morgan fingerprint density at radius 1 is 1.03 bits per heavy atom. The number of benzene rings is 2. The largest absolute Gasteiger partial charge is 0.478 e. The fourth-order valence-corrected chi connectivity index (χ4v) is 4.24. The van der Waals surface area contributed by atoms with E-state index in [0.717, 1.165) is 51.7 Å². The quantitative estimate of drug-likeness (QED) is 0.491. The number of carboxylic acid groups (broad SMARTS) is 1. The maximum absolute atomic E-state index is 13.0. The Hall–Kier alpha value is -3.02. The van der Waals surface area contributed by atoms with Gasteiger partial charge < -0.3 is 19.6 Å². The highest BCUT2D eigenvalue weighted by atomic mass is 16.5. The Balaban J connectivity index is 1.50. The van der Waals surface area contributed by atoms with Crippen LogP contribution in [0.3, 0.4) is 0 Å². The zero-order valence-corrected chi connectivity index (χ0v) is 20.0. The summed E-state index contributed by atoms with van der Waals surface area (Å²) in [6.45, 7) is 7.55. The molecule has 0 aromatic heterocycles. The summed E-state index contributed by atoms with van der Waals surface area (Å²) < 4.78 is 5.57. The number of rotatable bonds is 12. The van der Waals surface area contributed by atoms with Gasteiger partial charge in [0.2, 0.25) is 0 Å². The van der Waals surface area contributed by atoms with Crippen molar-refractivity contribution in [3.05, 3.63) is 65.7 Å². The number of nitrogens with zero attached hydrogens (tertiary/aromatic N) is 2. The van der Waals surface area contributed by atoms with Gasteiger partial charge in [-0.3, -0.25) is 0 Å². The predicted molar refractivity (Wildman–Crippen MR) is 130 cm³/mol. The summed E-state index contributed by atoms with van der Waals surface area (Å²) in [6, 6.07) is 18.4. The monoisotopic (exact) mass is 452 g/mol. The molecule has 0 radical (unpaired) electrons. The molecule has 0 aliphatic carbocycles. The molecule has 3 rings (SSSR count). The fourth-order valence-electron chi connectivity index (χ4n) is 4.24. The number of hydrogen-bond donors (Lipinski definition) is 1. The van der Waals surface area contributed by atoms with E-state index in [0.29, 0.717) is 5.75 Å². The van der Waals surface area contributed by atoms with Gasteiger partial charge in [-0.05, 0) is 69.2 Å². The van der Waals surface area contributed by atoms with Crippen molar-refractivity contribution in [2.45, 2.75) is 64.5 Å². The molecule has 2 amide bonds. The summed E-state index contributed by atoms with van der Waals surface area (Å²) in [5.74, 6) is -0.442. The highest BCUT2D eigenvalue weighted by Crippen LogP contribution is 2.23. The predicted octanol–water partition coefficient (Wildman–Crippen LogP) is 5.01. The van der Waals surface area contributed by atoms with Crippen LogP contribution in [0.1, 0.15) is 51.2 Å². The van der Waals surface area contributed by atoms with Gasteiger partial charge in [-0.15, -0.1) is 0 Å². The van der Waals surface area contributed by atoms with Crippen LogP contribution in [0.4, 0.5) is 4.79 Å². The molecular weight excluding hydrogens is 416 g/mol. The van der Waals surface area contributed by atoms with Gasteiger partial charge in [-0.1, -0.05) is 49.4 Å². The molecule has 1 fully saturated rings. The first-order valence-corrected chi connectivity index (χ1v) is 11.9. The van der Waals surface area contributed by atoms with Crippen molar-refractivity contribution >= 4 is 12.0 Å². The lowest BCUT2D eigenvalue weighted by molar-refractivity contribution is -0.152. The maximum Gasteiger partial charge on any atom is 0.347 e. The molecule has 2 aromatic rings. The van der Waals surface area contributed by atoms with Gasteiger partial charge in [0, 0.05) is 19.6 Å². The van der Waals surface area contributed by atoms with E-state index in [1.54, 1.807) is 0 Å². The van der Waals surface area contributed by atoms with Crippen LogP contribution in [0.15, 0.2) is 54.6 Å². The topological polar surface area (TPSA) is 70.1 Å². The van der Waals surface area contributed by atoms with E-state index < -0.39 is 11.6 Å². The summed E-state index contributed by atoms with van der Waals surface area (Å²) in [6.07, 6.45) is 4.72. The van der Waals surface area contributed by atoms with E-state index in [1.165, 1.54) is 25.0 Å². The molecule has 1 aliphatic heterocycles. The van der Waals surface area contributed by atoms with E-state index in [1.807, 2.05) is 47.4 Å². The third kappa shape index (κ3) is 6.73. The van der Waals surface area contributed by atoms with E-state index >= 15 is 0 Å². The lowest BCUT2D eigenvalue weighted by atomic mass is 10.0. The van der Waals surface area contributed by atoms with Gasteiger partial charge >= 0.3 is 12.0 Å². The van der Waals surface area contributed by atoms with Gasteiger partial charge in [-0.2, -0.15) is 0 Å². The second kappa shape index (κ2) is 11.2. The van der Waals surface area contributed by atoms with Crippen molar-refractivity contribution < 1.29 is 19.4 Å². The zero-order chi connectivity index (χ0) is 23.8. The van der Waals surface area contributed by atoms with Crippen molar-refractivity contribution in [1.29, 1.82) is 0 Å². The fraction of sp³-hybridized carbons (Fsp3) is 0.481. The molecule has 1 saturated heterocycles. The van der Waals surface area contributed by atoms with Gasteiger partial charge in [0.25, 0.3) is 0 Å². The molecule has 0 spiro atoms. The standard InChI is InChI=1S/C27H36N2O4/c1-4-18-29-23(20-28(26(29)32)19-17-21-9-6-5-7-10-21)12-8-11-22-13-15-24(16-14-22)33-27(2,3)25(30)31/h5-7,9-10,13-16,23H,4,8,11-12,17-20H2,1-3H3,(H,30,31). The normalized spacial score (nSPS) is 16.3. The first kappa shape index (κ1) is 24.6. The lowest BCUT2D eigenvalue weighted by Gasteiger charge is -2.23. The van der Waals surface area contributed by atoms with Gasteiger partial charge in [-0.25, -0.2) is 9.59 Å². The van der Waals surface area contributed by atoms with E-state index in [-0.39, 0.29) is 12.1 Å². The lowest BCUT2D eigenvalue weighted by Crippen LogP contribution is -2.37. The van der Waals surface area contributed by atoms with Crippen LogP contribution >= 0.6 is 0 Å². The number of carbonyl (C=O) groups is 2. The average Bonchev–Trinajstić information content (AvgIpc) is 3.09. The Morgan fingerprint density at radius 2 is 1.70 bits per heavy atom. The summed E-state index contributed by atoms with van der Waals surface area (Å²) in [5.41, 5.74) is 1.18. The number of hydrogen-bond acceptors (Lipinski definition) is 3. The van der Waals surface area contributed by atoms with E-state index in [9.17, 15) is 14.7 Å². The molecule has 6 heteroatoms. The Morgan fingerprint density at radius 3 is 2.33 bits per heavy atom. The van der Waals surface area contributed by atoms with Crippen molar-refractivity contribution in [2.24, 2.45) is 0 Å². The van der Waals surface area contributed by atoms with Crippen molar-refractivity contribution in [2.75, 3.05) is 19.6 Å². The number of amides is 2. The van der Waals surface area contributed by atoms with Crippen LogP contribution < -0.4 is 4.74 Å². The molecule has 2 aromatic carbocycles. The average molecular weight is 453 g/mol. The van der Waals surface area contributed by atoms with Gasteiger partial charge in [0.05, 0.1) is 6.04 Å². The van der Waals surface area contributed by atoms with Crippen LogP contribution in [-0.4, -0.2) is 58.2 Å². The number of ether oxygens (including phenoxy) is 1. The molecule has 1 N–H and O–H groups in total. The van der Waals surface area contributed by atoms with Gasteiger partial charge in [0.15, 0.2) is 5.60 Å². The Labute approximate surface area is 197 Å². The van der Waals surface area contributed by atoms with Crippen LogP contribution in [0, 0.1) is 0 Å². The second-order valence-electron chi connectivity index (χ2n) is 9.27. The van der Waals surface area contributed by atoms with E-state index in [4.69, 9.17) is 4.74 Å². The van der Waals surface area contributed by atoms with Gasteiger partial charge in [0.1, 0.15) is 5.75 Å². The van der Waals surface area contributed by atoms with Crippen LogP contribution in [0.25, 0.3) is 0 Å². The summed E-state index contributed by atoms with van der Waals surface area (Å²) in [5, 5.41) is 9.21. The SMILES string of the molecule is CCCN1C(=O)N(CCc2ccccc2)CC1CCCc1ccc(OC(C)(C)C(=O)O)cc1. The van der Waals surface area contributed by atoms with Crippen LogP contribution in [-0.2, 0) is 17.6 Å². The van der Waals surface area contributed by atoms with E-state index in [2.05, 4.69) is 24.0 Å². The number of urea groups is 1. The second-order valence-corrected chi connectivity index (χ2v) is 9.27. The molecule has 6 nitrogen and oxygen atoms in total. The summed E-state index contributed by atoms with van der Waals surface area (Å²) in [4.78, 5) is 28.2. The zero-order valence-electron chi connectivity index (χ0n) is 20.0. The molecule has 33 heavy (non-hydrogen) atoms. The molecule has 1 aliphatic rings. The van der Waals surface area contributed by atoms with Crippen LogP contribution in [0.5, 0.6) is 5.75 Å². The number of carbonyl (C=O) groups excluding carboxylic acids is 1.